The number of carbonyl (C=O) groups excluding carboxylic acids is 1. The lowest BCUT2D eigenvalue weighted by molar-refractivity contribution is -0.115. The minimum atomic E-state index is -1.26. The van der Waals surface area contributed by atoms with Gasteiger partial charge < -0.3 is 15.5 Å². The predicted octanol–water partition coefficient (Wildman–Crippen LogP) is 1.67. The van der Waals surface area contributed by atoms with E-state index in [0.29, 0.717) is 5.69 Å². The number of phenols is 1. The minimum Gasteiger partial charge on any atom is -0.505 e. The van der Waals surface area contributed by atoms with Crippen LogP contribution in [0.4, 0.5) is 5.69 Å². The number of hydrogen-bond donors (Lipinski definition) is 3. The maximum atomic E-state index is 11.8. The fourth-order valence-corrected chi connectivity index (χ4v) is 1.68. The summed E-state index contributed by atoms with van der Waals surface area (Å²) in [5, 5.41) is 21.1. The van der Waals surface area contributed by atoms with E-state index in [9.17, 15) is 14.7 Å². The first-order valence-corrected chi connectivity index (χ1v) is 5.83. The summed E-state index contributed by atoms with van der Waals surface area (Å²) in [5.41, 5.74) is 0.380. The normalized spacial score (nSPS) is 10.0. The van der Waals surface area contributed by atoms with Crippen molar-refractivity contribution in [3.8, 4) is 5.75 Å². The minimum absolute atomic E-state index is 0.0393. The number of hydrogen-bond acceptors (Lipinski definition) is 4. The number of rotatable bonds is 4. The average molecular weight is 272 g/mol. The third kappa shape index (κ3) is 3.11. The summed E-state index contributed by atoms with van der Waals surface area (Å²) >= 11 is 0. The second kappa shape index (κ2) is 5.83. The first kappa shape index (κ1) is 13.5. The molecule has 6 heteroatoms. The molecule has 0 unspecified atom stereocenters. The Bertz CT molecular complexity index is 641. The van der Waals surface area contributed by atoms with Gasteiger partial charge >= 0.3 is 5.97 Å². The van der Waals surface area contributed by atoms with Crippen molar-refractivity contribution in [1.29, 1.82) is 0 Å². The van der Waals surface area contributed by atoms with Crippen LogP contribution in [-0.4, -0.2) is 27.1 Å². The molecule has 20 heavy (non-hydrogen) atoms. The van der Waals surface area contributed by atoms with Gasteiger partial charge in [0.15, 0.2) is 5.75 Å². The van der Waals surface area contributed by atoms with Crippen LogP contribution in [0, 0.1) is 0 Å². The number of pyridine rings is 1. The summed E-state index contributed by atoms with van der Waals surface area (Å²) in [7, 11) is 0. The first-order valence-electron chi connectivity index (χ1n) is 5.83. The van der Waals surface area contributed by atoms with E-state index in [-0.39, 0.29) is 23.6 Å². The lowest BCUT2D eigenvalue weighted by atomic mass is 10.1. The molecule has 6 nitrogen and oxygen atoms in total. The Kier molecular flexibility index (Phi) is 3.95. The Hall–Kier alpha value is -2.89. The highest BCUT2D eigenvalue weighted by Crippen LogP contribution is 2.27. The predicted molar refractivity (Wildman–Crippen MR) is 71.6 cm³/mol. The Labute approximate surface area is 114 Å². The Balaban J connectivity index is 2.12. The van der Waals surface area contributed by atoms with Gasteiger partial charge in [0.2, 0.25) is 5.91 Å². The molecule has 0 spiro atoms. The number of anilines is 1. The van der Waals surface area contributed by atoms with Crippen molar-refractivity contribution < 1.29 is 19.8 Å². The molecule has 2 aromatic rings. The smallest absolute Gasteiger partial charge is 0.339 e. The molecule has 1 aromatic carbocycles. The van der Waals surface area contributed by atoms with Crippen LogP contribution in [0.5, 0.6) is 5.75 Å². The zero-order valence-corrected chi connectivity index (χ0v) is 10.4. The van der Waals surface area contributed by atoms with Crippen LogP contribution < -0.4 is 5.32 Å². The molecule has 0 bridgehead atoms. The number of carboxylic acid groups (broad SMARTS) is 1. The third-order valence-electron chi connectivity index (χ3n) is 2.61. The summed E-state index contributed by atoms with van der Waals surface area (Å²) in [5.74, 6) is -2.11. The maximum Gasteiger partial charge on any atom is 0.339 e. The maximum absolute atomic E-state index is 11.8. The number of nitrogens with one attached hydrogen (secondary N) is 1. The number of para-hydroxylation sites is 1. The van der Waals surface area contributed by atoms with Crippen molar-refractivity contribution in [2.45, 2.75) is 6.42 Å². The molecule has 0 aliphatic heterocycles. The van der Waals surface area contributed by atoms with Gasteiger partial charge in [0.1, 0.15) is 5.56 Å². The molecule has 3 N–H and O–H groups in total. The molecule has 0 aliphatic carbocycles. The van der Waals surface area contributed by atoms with E-state index in [4.69, 9.17) is 5.11 Å². The van der Waals surface area contributed by atoms with E-state index < -0.39 is 11.7 Å². The topological polar surface area (TPSA) is 99.5 Å². The molecule has 1 amide bonds. The Morgan fingerprint density at radius 2 is 1.95 bits per heavy atom. The second-order valence-corrected chi connectivity index (χ2v) is 4.05. The van der Waals surface area contributed by atoms with Gasteiger partial charge in [-0.1, -0.05) is 12.1 Å². The summed E-state index contributed by atoms with van der Waals surface area (Å²) in [6, 6.07) is 9.33. The van der Waals surface area contributed by atoms with Gasteiger partial charge in [-0.05, 0) is 24.3 Å². The van der Waals surface area contributed by atoms with Crippen molar-refractivity contribution in [3.63, 3.8) is 0 Å². The summed E-state index contributed by atoms with van der Waals surface area (Å²) in [6.07, 6.45) is 1.61. The van der Waals surface area contributed by atoms with Crippen LogP contribution in [-0.2, 0) is 11.2 Å². The molecule has 0 saturated carbocycles. The number of aromatic carboxylic acids is 1. The molecular weight excluding hydrogens is 260 g/mol. The van der Waals surface area contributed by atoms with Crippen molar-refractivity contribution >= 4 is 17.6 Å². The number of amides is 1. The fourth-order valence-electron chi connectivity index (χ4n) is 1.68. The number of aromatic nitrogens is 1. The van der Waals surface area contributed by atoms with E-state index in [2.05, 4.69) is 10.3 Å². The van der Waals surface area contributed by atoms with E-state index in [1.165, 1.54) is 18.2 Å². The summed E-state index contributed by atoms with van der Waals surface area (Å²) in [6.45, 7) is 0. The standard InChI is InChI=1S/C14H12N2O4/c17-12(8-9-4-1-2-7-15-9)16-11-6-3-5-10(13(11)18)14(19)20/h1-7,18H,8H2,(H,16,17)(H,19,20). The highest BCUT2D eigenvalue weighted by molar-refractivity contribution is 5.98. The van der Waals surface area contributed by atoms with E-state index in [1.54, 1.807) is 24.4 Å². The van der Waals surface area contributed by atoms with E-state index in [0.717, 1.165) is 0 Å². The van der Waals surface area contributed by atoms with Gasteiger partial charge in [0.05, 0.1) is 12.1 Å². The largest absolute Gasteiger partial charge is 0.505 e. The van der Waals surface area contributed by atoms with Gasteiger partial charge in [-0.15, -0.1) is 0 Å². The van der Waals surface area contributed by atoms with Gasteiger partial charge in [-0.25, -0.2) is 4.79 Å². The van der Waals surface area contributed by atoms with Crippen LogP contribution in [0.2, 0.25) is 0 Å². The van der Waals surface area contributed by atoms with Crippen LogP contribution >= 0.6 is 0 Å². The monoisotopic (exact) mass is 272 g/mol. The zero-order chi connectivity index (χ0) is 14.5. The molecule has 0 radical (unpaired) electrons. The molecule has 0 aliphatic rings. The van der Waals surface area contributed by atoms with Gasteiger partial charge in [-0.2, -0.15) is 0 Å². The van der Waals surface area contributed by atoms with E-state index in [1.807, 2.05) is 0 Å². The average Bonchev–Trinajstić information content (AvgIpc) is 2.42. The number of aromatic hydroxyl groups is 1. The van der Waals surface area contributed by atoms with Crippen LogP contribution in [0.15, 0.2) is 42.6 Å². The van der Waals surface area contributed by atoms with Gasteiger partial charge in [-0.3, -0.25) is 9.78 Å². The summed E-state index contributed by atoms with van der Waals surface area (Å²) in [4.78, 5) is 26.7. The number of carboxylic acids is 1. The lowest BCUT2D eigenvalue weighted by Crippen LogP contribution is -2.15. The molecule has 0 saturated heterocycles. The Morgan fingerprint density at radius 3 is 2.60 bits per heavy atom. The van der Waals surface area contributed by atoms with Crippen LogP contribution in [0.25, 0.3) is 0 Å². The molecular formula is C14H12N2O4. The second-order valence-electron chi connectivity index (χ2n) is 4.05. The highest BCUT2D eigenvalue weighted by atomic mass is 16.4. The van der Waals surface area contributed by atoms with Crippen molar-refractivity contribution in [2.24, 2.45) is 0 Å². The van der Waals surface area contributed by atoms with Gasteiger partial charge in [0, 0.05) is 11.9 Å². The quantitative estimate of drug-likeness (QED) is 0.735. The van der Waals surface area contributed by atoms with Crippen molar-refractivity contribution in [3.05, 3.63) is 53.9 Å². The number of benzene rings is 1. The van der Waals surface area contributed by atoms with Crippen LogP contribution in [0.1, 0.15) is 16.1 Å². The molecule has 1 heterocycles. The fraction of sp³-hybridized carbons (Fsp3) is 0.0714. The highest BCUT2D eigenvalue weighted by Gasteiger charge is 2.14. The van der Waals surface area contributed by atoms with Crippen molar-refractivity contribution in [1.82, 2.24) is 4.98 Å². The number of nitrogens with zero attached hydrogens (tertiary/aromatic N) is 1. The number of carbonyl (C=O) groups is 2. The summed E-state index contributed by atoms with van der Waals surface area (Å²) < 4.78 is 0. The lowest BCUT2D eigenvalue weighted by Gasteiger charge is -2.08. The molecule has 2 rings (SSSR count). The molecule has 0 fully saturated rings. The molecule has 0 atom stereocenters. The van der Waals surface area contributed by atoms with Crippen molar-refractivity contribution in [2.75, 3.05) is 5.32 Å². The van der Waals surface area contributed by atoms with Gasteiger partial charge in [0.25, 0.3) is 0 Å². The van der Waals surface area contributed by atoms with Crippen LogP contribution in [0.3, 0.4) is 0 Å². The SMILES string of the molecule is O=C(Cc1ccccn1)Nc1cccc(C(=O)O)c1O. The molecule has 1 aromatic heterocycles. The third-order valence-corrected chi connectivity index (χ3v) is 2.61. The van der Waals surface area contributed by atoms with E-state index >= 15 is 0 Å². The molecule has 102 valence electrons. The Morgan fingerprint density at radius 1 is 1.15 bits per heavy atom. The zero-order valence-electron chi connectivity index (χ0n) is 10.4. The first-order chi connectivity index (χ1) is 9.58.